The largest absolute Gasteiger partial charge is 0.478 e. The Bertz CT molecular complexity index is 453. The molecule has 1 aromatic heterocycles. The number of anilines is 1. The van der Waals surface area contributed by atoms with Crippen LogP contribution in [0.2, 0.25) is 0 Å². The summed E-state index contributed by atoms with van der Waals surface area (Å²) in [6.07, 6.45) is 1.55. The second kappa shape index (κ2) is 7.04. The molecule has 1 fully saturated rings. The average Bonchev–Trinajstić information content (AvgIpc) is 2.44. The van der Waals surface area contributed by atoms with Crippen molar-refractivity contribution in [3.8, 4) is 5.88 Å². The molecule has 21 heavy (non-hydrogen) atoms. The van der Waals surface area contributed by atoms with Gasteiger partial charge in [-0.05, 0) is 20.8 Å². The number of rotatable bonds is 6. The van der Waals surface area contributed by atoms with E-state index in [-0.39, 0.29) is 5.60 Å². The molecule has 1 aliphatic rings. The number of likely N-dealkylation sites (N-methyl/N-ethyl adjacent to an activating group) is 1. The predicted octanol–water partition coefficient (Wildman–Crippen LogP) is 1.42. The predicted molar refractivity (Wildman–Crippen MR) is 82.9 cm³/mol. The van der Waals surface area contributed by atoms with Crippen LogP contribution in [0.4, 0.5) is 5.82 Å². The Morgan fingerprint density at radius 3 is 2.95 bits per heavy atom. The normalized spacial score (nSPS) is 18.5. The third kappa shape index (κ3) is 4.82. The lowest BCUT2D eigenvalue weighted by Gasteiger charge is -2.38. The van der Waals surface area contributed by atoms with Gasteiger partial charge in [0.05, 0.1) is 18.8 Å². The van der Waals surface area contributed by atoms with Crippen molar-refractivity contribution in [1.82, 2.24) is 14.9 Å². The van der Waals surface area contributed by atoms with Gasteiger partial charge in [-0.2, -0.15) is 0 Å². The first-order chi connectivity index (χ1) is 10.00. The van der Waals surface area contributed by atoms with E-state index in [0.29, 0.717) is 12.5 Å². The molecule has 0 radical (unpaired) electrons. The first kappa shape index (κ1) is 16.0. The molecule has 1 aliphatic heterocycles. The molecule has 0 spiro atoms. The minimum absolute atomic E-state index is 0.0477. The summed E-state index contributed by atoms with van der Waals surface area (Å²) in [5.74, 6) is 1.52. The first-order valence-electron chi connectivity index (χ1n) is 7.52. The van der Waals surface area contributed by atoms with Crippen molar-refractivity contribution in [2.45, 2.75) is 26.4 Å². The highest BCUT2D eigenvalue weighted by atomic mass is 16.5. The summed E-state index contributed by atoms with van der Waals surface area (Å²) in [6.45, 7) is 11.5. The Morgan fingerprint density at radius 1 is 1.43 bits per heavy atom. The Hall–Kier alpha value is -1.40. The quantitative estimate of drug-likeness (QED) is 0.791. The molecule has 0 amide bonds. The zero-order chi connectivity index (χ0) is 15.3. The van der Waals surface area contributed by atoms with Gasteiger partial charge < -0.3 is 14.4 Å². The second-order valence-electron chi connectivity index (χ2n) is 5.95. The van der Waals surface area contributed by atoms with E-state index in [1.54, 1.807) is 6.33 Å². The Labute approximate surface area is 127 Å². The van der Waals surface area contributed by atoms with Crippen molar-refractivity contribution >= 4 is 5.82 Å². The summed E-state index contributed by atoms with van der Waals surface area (Å²) in [5, 5.41) is 0. The number of hydrogen-bond acceptors (Lipinski definition) is 6. The molecule has 0 aromatic carbocycles. The fourth-order valence-electron chi connectivity index (χ4n) is 2.48. The van der Waals surface area contributed by atoms with Crippen LogP contribution in [0, 0.1) is 0 Å². The lowest BCUT2D eigenvalue weighted by atomic mass is 10.1. The summed E-state index contributed by atoms with van der Waals surface area (Å²) in [4.78, 5) is 13.0. The molecule has 6 nitrogen and oxygen atoms in total. The fourth-order valence-corrected chi connectivity index (χ4v) is 2.48. The zero-order valence-corrected chi connectivity index (χ0v) is 13.5. The Kier molecular flexibility index (Phi) is 5.36. The number of nitrogens with zero attached hydrogens (tertiary/aromatic N) is 4. The van der Waals surface area contributed by atoms with Crippen LogP contribution in [0.3, 0.4) is 0 Å². The average molecular weight is 294 g/mol. The van der Waals surface area contributed by atoms with E-state index in [1.165, 1.54) is 0 Å². The van der Waals surface area contributed by atoms with Gasteiger partial charge in [-0.1, -0.05) is 0 Å². The van der Waals surface area contributed by atoms with Crippen molar-refractivity contribution < 1.29 is 9.47 Å². The number of ether oxygens (including phenoxy) is 2. The van der Waals surface area contributed by atoms with Crippen molar-refractivity contribution in [2.24, 2.45) is 0 Å². The SMILES string of the molecule is CCOc1cc(N(C)CCN2CCOC(C)(C)C2)ncn1. The van der Waals surface area contributed by atoms with Gasteiger partial charge in [-0.25, -0.2) is 9.97 Å². The molecular formula is C15H26N4O2. The van der Waals surface area contributed by atoms with E-state index in [4.69, 9.17) is 9.47 Å². The molecule has 0 saturated carbocycles. The van der Waals surface area contributed by atoms with Gasteiger partial charge in [0, 0.05) is 39.3 Å². The highest BCUT2D eigenvalue weighted by Gasteiger charge is 2.26. The van der Waals surface area contributed by atoms with Crippen LogP contribution >= 0.6 is 0 Å². The van der Waals surface area contributed by atoms with Gasteiger partial charge in [0.1, 0.15) is 12.1 Å². The smallest absolute Gasteiger partial charge is 0.218 e. The third-order valence-corrected chi connectivity index (χ3v) is 3.57. The van der Waals surface area contributed by atoms with E-state index in [1.807, 2.05) is 20.0 Å². The van der Waals surface area contributed by atoms with E-state index in [9.17, 15) is 0 Å². The molecule has 0 atom stereocenters. The number of aromatic nitrogens is 2. The van der Waals surface area contributed by atoms with Crippen molar-refractivity contribution in [1.29, 1.82) is 0 Å². The summed E-state index contributed by atoms with van der Waals surface area (Å²) >= 11 is 0. The van der Waals surface area contributed by atoms with Crippen LogP contribution in [0.5, 0.6) is 5.88 Å². The van der Waals surface area contributed by atoms with Crippen LogP contribution in [-0.2, 0) is 4.74 Å². The molecule has 6 heteroatoms. The number of hydrogen-bond donors (Lipinski definition) is 0. The highest BCUT2D eigenvalue weighted by molar-refractivity contribution is 5.39. The van der Waals surface area contributed by atoms with Crippen LogP contribution in [0.1, 0.15) is 20.8 Å². The van der Waals surface area contributed by atoms with E-state index < -0.39 is 0 Å². The summed E-state index contributed by atoms with van der Waals surface area (Å²) < 4.78 is 11.2. The van der Waals surface area contributed by atoms with E-state index in [2.05, 4.69) is 33.6 Å². The summed E-state index contributed by atoms with van der Waals surface area (Å²) in [6, 6.07) is 1.88. The first-order valence-corrected chi connectivity index (χ1v) is 7.52. The maximum absolute atomic E-state index is 5.74. The molecule has 1 saturated heterocycles. The van der Waals surface area contributed by atoms with Gasteiger partial charge in [-0.3, -0.25) is 4.90 Å². The van der Waals surface area contributed by atoms with Crippen LogP contribution < -0.4 is 9.64 Å². The fraction of sp³-hybridized carbons (Fsp3) is 0.733. The minimum atomic E-state index is -0.0477. The topological polar surface area (TPSA) is 50.7 Å². The summed E-state index contributed by atoms with van der Waals surface area (Å²) in [5.41, 5.74) is -0.0477. The minimum Gasteiger partial charge on any atom is -0.478 e. The lowest BCUT2D eigenvalue weighted by molar-refractivity contribution is -0.0850. The summed E-state index contributed by atoms with van der Waals surface area (Å²) in [7, 11) is 2.05. The molecule has 0 bridgehead atoms. The highest BCUT2D eigenvalue weighted by Crippen LogP contribution is 2.17. The Balaban J connectivity index is 1.86. The molecule has 118 valence electrons. The molecular weight excluding hydrogens is 268 g/mol. The van der Waals surface area contributed by atoms with E-state index >= 15 is 0 Å². The molecule has 0 unspecified atom stereocenters. The van der Waals surface area contributed by atoms with Crippen LogP contribution in [0.25, 0.3) is 0 Å². The van der Waals surface area contributed by atoms with Gasteiger partial charge in [-0.15, -0.1) is 0 Å². The van der Waals surface area contributed by atoms with Crippen LogP contribution in [0.15, 0.2) is 12.4 Å². The van der Waals surface area contributed by atoms with Crippen molar-refractivity contribution in [3.05, 3.63) is 12.4 Å². The molecule has 0 aliphatic carbocycles. The third-order valence-electron chi connectivity index (χ3n) is 3.57. The standard InChI is InChI=1S/C15H26N4O2/c1-5-20-14-10-13(16-12-17-14)18(4)6-7-19-8-9-21-15(2,3)11-19/h10,12H,5-9,11H2,1-4H3. The molecule has 1 aromatic rings. The molecule has 2 rings (SSSR count). The van der Waals surface area contributed by atoms with Gasteiger partial charge in [0.2, 0.25) is 5.88 Å². The zero-order valence-electron chi connectivity index (χ0n) is 13.5. The van der Waals surface area contributed by atoms with Gasteiger partial charge in [0.15, 0.2) is 0 Å². The maximum Gasteiger partial charge on any atom is 0.218 e. The molecule has 0 N–H and O–H groups in total. The van der Waals surface area contributed by atoms with Gasteiger partial charge >= 0.3 is 0 Å². The van der Waals surface area contributed by atoms with Gasteiger partial charge in [0.25, 0.3) is 0 Å². The monoisotopic (exact) mass is 294 g/mol. The van der Waals surface area contributed by atoms with E-state index in [0.717, 1.165) is 38.6 Å². The maximum atomic E-state index is 5.74. The lowest BCUT2D eigenvalue weighted by Crippen LogP contribution is -2.50. The van der Waals surface area contributed by atoms with Crippen molar-refractivity contribution in [3.63, 3.8) is 0 Å². The van der Waals surface area contributed by atoms with Crippen molar-refractivity contribution in [2.75, 3.05) is 51.3 Å². The second-order valence-corrected chi connectivity index (χ2v) is 5.95. The van der Waals surface area contributed by atoms with Crippen LogP contribution in [-0.4, -0.2) is 66.9 Å². The Morgan fingerprint density at radius 2 is 2.24 bits per heavy atom. The number of morpholine rings is 1. The molecule has 2 heterocycles.